The Labute approximate surface area is 95.2 Å². The first-order chi connectivity index (χ1) is 7.08. The van der Waals surface area contributed by atoms with Crippen molar-refractivity contribution in [2.24, 2.45) is 11.3 Å². The lowest BCUT2D eigenvalue weighted by atomic mass is 9.93. The Hall–Kier alpha value is -0.0800. The molecule has 0 saturated carbocycles. The SMILES string of the molecule is CC(C)(C)CNCCCC1CCNCC1. The van der Waals surface area contributed by atoms with Crippen LogP contribution in [-0.2, 0) is 0 Å². The third-order valence-electron chi connectivity index (χ3n) is 3.08. The lowest BCUT2D eigenvalue weighted by Gasteiger charge is -2.23. The van der Waals surface area contributed by atoms with Gasteiger partial charge in [0.05, 0.1) is 0 Å². The second-order valence-corrected chi connectivity index (χ2v) is 6.07. The van der Waals surface area contributed by atoms with Crippen molar-refractivity contribution in [2.45, 2.75) is 46.5 Å². The summed E-state index contributed by atoms with van der Waals surface area (Å²) in [6.07, 6.45) is 5.54. The quantitative estimate of drug-likeness (QED) is 0.684. The summed E-state index contributed by atoms with van der Waals surface area (Å²) < 4.78 is 0. The summed E-state index contributed by atoms with van der Waals surface area (Å²) in [5, 5.41) is 6.97. The highest BCUT2D eigenvalue weighted by atomic mass is 14.9. The third kappa shape index (κ3) is 6.91. The zero-order valence-corrected chi connectivity index (χ0v) is 10.7. The van der Waals surface area contributed by atoms with Crippen LogP contribution >= 0.6 is 0 Å². The molecular formula is C13H28N2. The average molecular weight is 212 g/mol. The van der Waals surface area contributed by atoms with Gasteiger partial charge in [0.2, 0.25) is 0 Å². The van der Waals surface area contributed by atoms with Crippen molar-refractivity contribution in [2.75, 3.05) is 26.2 Å². The van der Waals surface area contributed by atoms with Crippen LogP contribution in [0.25, 0.3) is 0 Å². The average Bonchev–Trinajstić information content (AvgIpc) is 2.17. The molecule has 2 heteroatoms. The summed E-state index contributed by atoms with van der Waals surface area (Å²) in [5.41, 5.74) is 0.425. The molecule has 0 aliphatic carbocycles. The molecule has 0 bridgehead atoms. The second-order valence-electron chi connectivity index (χ2n) is 6.07. The van der Waals surface area contributed by atoms with E-state index in [-0.39, 0.29) is 0 Å². The minimum absolute atomic E-state index is 0.425. The number of piperidine rings is 1. The summed E-state index contributed by atoms with van der Waals surface area (Å²) in [5.74, 6) is 0.989. The fourth-order valence-corrected chi connectivity index (χ4v) is 2.15. The van der Waals surface area contributed by atoms with E-state index < -0.39 is 0 Å². The molecule has 15 heavy (non-hydrogen) atoms. The molecule has 0 aromatic carbocycles. The van der Waals surface area contributed by atoms with E-state index in [0.717, 1.165) is 12.5 Å². The van der Waals surface area contributed by atoms with E-state index in [9.17, 15) is 0 Å². The van der Waals surface area contributed by atoms with Gasteiger partial charge in [-0.25, -0.2) is 0 Å². The lowest BCUT2D eigenvalue weighted by Crippen LogP contribution is -2.30. The summed E-state index contributed by atoms with van der Waals surface area (Å²) >= 11 is 0. The van der Waals surface area contributed by atoms with Gasteiger partial charge in [-0.2, -0.15) is 0 Å². The minimum Gasteiger partial charge on any atom is -0.317 e. The van der Waals surface area contributed by atoms with Crippen LogP contribution in [0.3, 0.4) is 0 Å². The molecule has 0 radical (unpaired) electrons. The van der Waals surface area contributed by atoms with Crippen molar-refractivity contribution in [3.05, 3.63) is 0 Å². The molecule has 1 rings (SSSR count). The van der Waals surface area contributed by atoms with Crippen LogP contribution in [0, 0.1) is 11.3 Å². The molecule has 1 heterocycles. The van der Waals surface area contributed by atoms with Gasteiger partial charge in [0.15, 0.2) is 0 Å². The van der Waals surface area contributed by atoms with Crippen LogP contribution in [0.1, 0.15) is 46.5 Å². The van der Waals surface area contributed by atoms with E-state index in [1.165, 1.54) is 45.3 Å². The van der Waals surface area contributed by atoms with Gasteiger partial charge < -0.3 is 10.6 Å². The summed E-state index contributed by atoms with van der Waals surface area (Å²) in [7, 11) is 0. The summed E-state index contributed by atoms with van der Waals surface area (Å²) in [6, 6.07) is 0. The number of hydrogen-bond donors (Lipinski definition) is 2. The molecule has 2 N–H and O–H groups in total. The first kappa shape index (κ1) is 13.0. The molecule has 1 aliphatic rings. The Kier molecular flexibility index (Phi) is 5.62. The molecule has 0 amide bonds. The first-order valence-electron chi connectivity index (χ1n) is 6.49. The van der Waals surface area contributed by atoms with Gasteiger partial charge in [0.1, 0.15) is 0 Å². The first-order valence-corrected chi connectivity index (χ1v) is 6.49. The number of nitrogens with one attached hydrogen (secondary N) is 2. The maximum atomic E-state index is 3.55. The van der Waals surface area contributed by atoms with Gasteiger partial charge in [-0.1, -0.05) is 20.8 Å². The van der Waals surface area contributed by atoms with E-state index in [1.54, 1.807) is 0 Å². The fourth-order valence-electron chi connectivity index (χ4n) is 2.15. The van der Waals surface area contributed by atoms with Crippen molar-refractivity contribution in [1.29, 1.82) is 0 Å². The minimum atomic E-state index is 0.425. The Morgan fingerprint density at radius 3 is 2.47 bits per heavy atom. The standard InChI is InChI=1S/C13H28N2/c1-13(2,3)11-15-8-4-5-12-6-9-14-10-7-12/h12,14-15H,4-11H2,1-3H3. The monoisotopic (exact) mass is 212 g/mol. The molecule has 0 spiro atoms. The van der Waals surface area contributed by atoms with Crippen LogP contribution in [0.5, 0.6) is 0 Å². The summed E-state index contributed by atoms with van der Waals surface area (Å²) in [4.78, 5) is 0. The highest BCUT2D eigenvalue weighted by Gasteiger charge is 2.12. The predicted molar refractivity (Wildman–Crippen MR) is 67.2 cm³/mol. The number of rotatable bonds is 5. The molecule has 1 aliphatic heterocycles. The number of hydrogen-bond acceptors (Lipinski definition) is 2. The molecule has 1 saturated heterocycles. The van der Waals surface area contributed by atoms with Crippen molar-refractivity contribution in [3.8, 4) is 0 Å². The molecule has 90 valence electrons. The molecular weight excluding hydrogens is 184 g/mol. The highest BCUT2D eigenvalue weighted by Crippen LogP contribution is 2.17. The molecule has 0 atom stereocenters. The fraction of sp³-hybridized carbons (Fsp3) is 1.00. The molecule has 2 nitrogen and oxygen atoms in total. The van der Waals surface area contributed by atoms with E-state index in [4.69, 9.17) is 0 Å². The Balaban J connectivity index is 1.92. The molecule has 1 fully saturated rings. The van der Waals surface area contributed by atoms with Crippen molar-refractivity contribution in [1.82, 2.24) is 10.6 Å². The smallest absolute Gasteiger partial charge is 0.0000126 e. The highest BCUT2D eigenvalue weighted by molar-refractivity contribution is 4.69. The van der Waals surface area contributed by atoms with Crippen molar-refractivity contribution >= 4 is 0 Å². The molecule has 0 aromatic heterocycles. The van der Waals surface area contributed by atoms with Gasteiger partial charge in [-0.3, -0.25) is 0 Å². The Bertz CT molecular complexity index is 154. The zero-order chi connectivity index (χ0) is 11.1. The van der Waals surface area contributed by atoms with Crippen LogP contribution in [-0.4, -0.2) is 26.2 Å². The van der Waals surface area contributed by atoms with Gasteiger partial charge in [0, 0.05) is 0 Å². The van der Waals surface area contributed by atoms with E-state index in [2.05, 4.69) is 31.4 Å². The Morgan fingerprint density at radius 2 is 1.87 bits per heavy atom. The summed E-state index contributed by atoms with van der Waals surface area (Å²) in [6.45, 7) is 11.7. The van der Waals surface area contributed by atoms with Gasteiger partial charge in [-0.05, 0) is 63.2 Å². The Morgan fingerprint density at radius 1 is 1.20 bits per heavy atom. The predicted octanol–water partition coefficient (Wildman–Crippen LogP) is 2.40. The maximum absolute atomic E-state index is 3.55. The maximum Gasteiger partial charge on any atom is -0.0000126 e. The third-order valence-corrected chi connectivity index (χ3v) is 3.08. The zero-order valence-electron chi connectivity index (χ0n) is 10.7. The van der Waals surface area contributed by atoms with E-state index in [0.29, 0.717) is 5.41 Å². The van der Waals surface area contributed by atoms with Gasteiger partial charge in [-0.15, -0.1) is 0 Å². The normalized spacial score (nSPS) is 19.4. The van der Waals surface area contributed by atoms with Crippen LogP contribution in [0.2, 0.25) is 0 Å². The topological polar surface area (TPSA) is 24.1 Å². The molecule has 0 unspecified atom stereocenters. The second kappa shape index (κ2) is 6.49. The molecule has 0 aromatic rings. The van der Waals surface area contributed by atoms with E-state index >= 15 is 0 Å². The van der Waals surface area contributed by atoms with Crippen LogP contribution in [0.15, 0.2) is 0 Å². The van der Waals surface area contributed by atoms with Crippen molar-refractivity contribution < 1.29 is 0 Å². The van der Waals surface area contributed by atoms with E-state index in [1.807, 2.05) is 0 Å². The van der Waals surface area contributed by atoms with Crippen molar-refractivity contribution in [3.63, 3.8) is 0 Å². The van der Waals surface area contributed by atoms with Gasteiger partial charge in [0.25, 0.3) is 0 Å². The lowest BCUT2D eigenvalue weighted by molar-refractivity contribution is 0.334. The van der Waals surface area contributed by atoms with Crippen LogP contribution in [0.4, 0.5) is 0 Å². The largest absolute Gasteiger partial charge is 0.317 e. The van der Waals surface area contributed by atoms with Gasteiger partial charge >= 0.3 is 0 Å². The van der Waals surface area contributed by atoms with Crippen LogP contribution < -0.4 is 10.6 Å².